The van der Waals surface area contributed by atoms with Gasteiger partial charge in [-0.3, -0.25) is 0 Å². The molecule has 0 saturated carbocycles. The number of nitrogens with zero attached hydrogens (tertiary/aromatic N) is 2. The van der Waals surface area contributed by atoms with Gasteiger partial charge in [0.15, 0.2) is 5.82 Å². The number of unbranched alkanes of at least 4 members (excludes halogenated alkanes) is 6. The van der Waals surface area contributed by atoms with Crippen LogP contribution in [0.2, 0.25) is 0 Å². The van der Waals surface area contributed by atoms with Gasteiger partial charge >= 0.3 is 0 Å². The third-order valence-corrected chi connectivity index (χ3v) is 5.53. The van der Waals surface area contributed by atoms with E-state index in [0.717, 1.165) is 18.4 Å². The third kappa shape index (κ3) is 9.75. The first kappa shape index (κ1) is 25.2. The zero-order valence-corrected chi connectivity index (χ0v) is 19.2. The normalized spacial score (nSPS) is 13.2. The quantitative estimate of drug-likeness (QED) is 0.255. The minimum Gasteiger partial charge on any atom is -0.493 e. The Kier molecular flexibility index (Phi) is 12.1. The maximum atomic E-state index is 13.8. The molecular formula is C26H38F2N2O. The van der Waals surface area contributed by atoms with E-state index in [2.05, 4.69) is 16.9 Å². The average Bonchev–Trinajstić information content (AvgIpc) is 2.80. The van der Waals surface area contributed by atoms with Gasteiger partial charge < -0.3 is 4.74 Å². The summed E-state index contributed by atoms with van der Waals surface area (Å²) >= 11 is 0. The van der Waals surface area contributed by atoms with Crippen LogP contribution in [0.5, 0.6) is 5.75 Å². The van der Waals surface area contributed by atoms with Crippen LogP contribution >= 0.6 is 0 Å². The highest BCUT2D eigenvalue weighted by molar-refractivity contribution is 5.55. The molecule has 0 bridgehead atoms. The van der Waals surface area contributed by atoms with Crippen LogP contribution in [-0.2, 0) is 6.42 Å². The van der Waals surface area contributed by atoms with Crippen LogP contribution < -0.4 is 4.74 Å². The predicted molar refractivity (Wildman–Crippen MR) is 124 cm³/mol. The van der Waals surface area contributed by atoms with Crippen LogP contribution in [0.25, 0.3) is 11.4 Å². The summed E-state index contributed by atoms with van der Waals surface area (Å²) in [7, 11) is 0. The number of ether oxygens (including phenoxy) is 1. The third-order valence-electron chi connectivity index (χ3n) is 5.53. The topological polar surface area (TPSA) is 35.0 Å². The van der Waals surface area contributed by atoms with Crippen LogP contribution in [0, 0.1) is 0 Å². The minimum absolute atomic E-state index is 0.0653. The van der Waals surface area contributed by atoms with Gasteiger partial charge in [-0.1, -0.05) is 58.8 Å². The molecule has 0 fully saturated rings. The van der Waals surface area contributed by atoms with E-state index in [1.54, 1.807) is 0 Å². The molecule has 2 atom stereocenters. The van der Waals surface area contributed by atoms with E-state index in [4.69, 9.17) is 4.74 Å². The van der Waals surface area contributed by atoms with Gasteiger partial charge in [0.25, 0.3) is 0 Å². The van der Waals surface area contributed by atoms with Gasteiger partial charge in [-0.2, -0.15) is 0 Å². The van der Waals surface area contributed by atoms with Crippen LogP contribution in [0.1, 0.15) is 83.6 Å². The maximum Gasteiger partial charge on any atom is 0.159 e. The van der Waals surface area contributed by atoms with Crippen molar-refractivity contribution in [3.05, 3.63) is 42.2 Å². The van der Waals surface area contributed by atoms with Crippen LogP contribution in [0.3, 0.4) is 0 Å². The van der Waals surface area contributed by atoms with E-state index in [1.807, 2.05) is 43.6 Å². The molecule has 3 nitrogen and oxygen atoms in total. The van der Waals surface area contributed by atoms with Crippen molar-refractivity contribution in [2.75, 3.05) is 6.61 Å². The number of aryl methyl sites for hydroxylation is 1. The monoisotopic (exact) mass is 432 g/mol. The molecule has 0 aliphatic carbocycles. The van der Waals surface area contributed by atoms with Gasteiger partial charge in [-0.05, 0) is 49.1 Å². The molecule has 2 aromatic rings. The van der Waals surface area contributed by atoms with Gasteiger partial charge in [0.1, 0.15) is 18.1 Å². The second-order valence-electron chi connectivity index (χ2n) is 8.27. The van der Waals surface area contributed by atoms with Gasteiger partial charge in [0, 0.05) is 24.4 Å². The summed E-state index contributed by atoms with van der Waals surface area (Å²) in [5, 5.41) is 0. The summed E-state index contributed by atoms with van der Waals surface area (Å²) in [6.45, 7) is 4.37. The van der Waals surface area contributed by atoms with E-state index in [-0.39, 0.29) is 19.4 Å². The SMILES string of the molecule is CCCCCCCCc1cnc(-c2ccc(OCCC(F)C(F)CCCC)cc2)nc1. The molecule has 1 aromatic carbocycles. The highest BCUT2D eigenvalue weighted by atomic mass is 19.2. The van der Waals surface area contributed by atoms with Crippen molar-refractivity contribution in [3.8, 4) is 17.1 Å². The van der Waals surface area contributed by atoms with Crippen molar-refractivity contribution in [1.82, 2.24) is 9.97 Å². The number of aromatic nitrogens is 2. The van der Waals surface area contributed by atoms with Crippen molar-refractivity contribution in [2.45, 2.75) is 96.8 Å². The zero-order valence-electron chi connectivity index (χ0n) is 19.2. The lowest BCUT2D eigenvalue weighted by Gasteiger charge is -2.14. The van der Waals surface area contributed by atoms with Crippen LogP contribution in [0.4, 0.5) is 8.78 Å². The predicted octanol–water partition coefficient (Wildman–Crippen LogP) is 7.68. The van der Waals surface area contributed by atoms with Gasteiger partial charge in [-0.25, -0.2) is 18.7 Å². The second kappa shape index (κ2) is 14.9. The molecular weight excluding hydrogens is 394 g/mol. The Morgan fingerprint density at radius 2 is 1.39 bits per heavy atom. The molecule has 2 unspecified atom stereocenters. The van der Waals surface area contributed by atoms with E-state index in [0.29, 0.717) is 18.0 Å². The first-order valence-electron chi connectivity index (χ1n) is 12.0. The Balaban J connectivity index is 1.73. The van der Waals surface area contributed by atoms with Crippen molar-refractivity contribution in [2.24, 2.45) is 0 Å². The fraction of sp³-hybridized carbons (Fsp3) is 0.615. The van der Waals surface area contributed by atoms with Crippen molar-refractivity contribution in [1.29, 1.82) is 0 Å². The van der Waals surface area contributed by atoms with Crippen LogP contribution in [0.15, 0.2) is 36.7 Å². The van der Waals surface area contributed by atoms with Gasteiger partial charge in [0.2, 0.25) is 0 Å². The molecule has 0 amide bonds. The van der Waals surface area contributed by atoms with Crippen LogP contribution in [-0.4, -0.2) is 28.9 Å². The fourth-order valence-electron chi connectivity index (χ4n) is 3.49. The lowest BCUT2D eigenvalue weighted by atomic mass is 10.1. The summed E-state index contributed by atoms with van der Waals surface area (Å²) in [6.07, 6.45) is 11.6. The Labute approximate surface area is 186 Å². The molecule has 1 aromatic heterocycles. The average molecular weight is 433 g/mol. The minimum atomic E-state index is -1.46. The standard InChI is InChI=1S/C26H38F2N2O/c1-3-5-7-8-9-10-11-21-19-29-26(30-20-21)22-13-15-23(16-14-22)31-18-17-25(28)24(27)12-6-4-2/h13-16,19-20,24-25H,3-12,17-18H2,1-2H3. The van der Waals surface area contributed by atoms with Gasteiger partial charge in [0.05, 0.1) is 6.61 Å². The molecule has 172 valence electrons. The van der Waals surface area contributed by atoms with E-state index in [9.17, 15) is 8.78 Å². The molecule has 1 heterocycles. The maximum absolute atomic E-state index is 13.8. The van der Waals surface area contributed by atoms with Crippen molar-refractivity contribution < 1.29 is 13.5 Å². The molecule has 0 spiro atoms. The molecule has 2 rings (SSSR count). The van der Waals surface area contributed by atoms with E-state index < -0.39 is 12.3 Å². The lowest BCUT2D eigenvalue weighted by Crippen LogP contribution is -2.20. The zero-order chi connectivity index (χ0) is 22.3. The number of rotatable bonds is 16. The highest BCUT2D eigenvalue weighted by Gasteiger charge is 2.19. The molecule has 0 N–H and O–H groups in total. The number of alkyl halides is 2. The molecule has 0 aliphatic rings. The Hall–Kier alpha value is -2.04. The molecule has 0 radical (unpaired) electrons. The number of halogens is 2. The summed E-state index contributed by atoms with van der Waals surface area (Å²) in [4.78, 5) is 8.99. The number of hydrogen-bond acceptors (Lipinski definition) is 3. The molecule has 31 heavy (non-hydrogen) atoms. The fourth-order valence-corrected chi connectivity index (χ4v) is 3.49. The number of benzene rings is 1. The van der Waals surface area contributed by atoms with E-state index in [1.165, 1.54) is 44.1 Å². The first-order chi connectivity index (χ1) is 15.1. The Bertz CT molecular complexity index is 706. The Morgan fingerprint density at radius 1 is 0.774 bits per heavy atom. The number of hydrogen-bond donors (Lipinski definition) is 0. The Morgan fingerprint density at radius 3 is 2.06 bits per heavy atom. The molecule has 0 aliphatic heterocycles. The summed E-state index contributed by atoms with van der Waals surface area (Å²) in [6, 6.07) is 7.43. The molecule has 0 saturated heterocycles. The van der Waals surface area contributed by atoms with Crippen molar-refractivity contribution in [3.63, 3.8) is 0 Å². The van der Waals surface area contributed by atoms with Gasteiger partial charge in [-0.15, -0.1) is 0 Å². The van der Waals surface area contributed by atoms with E-state index >= 15 is 0 Å². The highest BCUT2D eigenvalue weighted by Crippen LogP contribution is 2.21. The summed E-state index contributed by atoms with van der Waals surface area (Å²) < 4.78 is 33.1. The largest absolute Gasteiger partial charge is 0.493 e. The second-order valence-corrected chi connectivity index (χ2v) is 8.27. The lowest BCUT2D eigenvalue weighted by molar-refractivity contribution is 0.128. The first-order valence-corrected chi connectivity index (χ1v) is 12.0. The summed E-state index contributed by atoms with van der Waals surface area (Å²) in [5.74, 6) is 1.32. The van der Waals surface area contributed by atoms with Crippen molar-refractivity contribution >= 4 is 0 Å². The molecule has 5 heteroatoms. The summed E-state index contributed by atoms with van der Waals surface area (Å²) in [5.41, 5.74) is 2.08. The smallest absolute Gasteiger partial charge is 0.159 e.